The van der Waals surface area contributed by atoms with E-state index < -0.39 is 24.0 Å². The minimum atomic E-state index is -0.982. The third-order valence-electron chi connectivity index (χ3n) is 3.86. The van der Waals surface area contributed by atoms with Crippen LogP contribution in [-0.4, -0.2) is 24.0 Å². The second-order valence-electron chi connectivity index (χ2n) is 5.89. The highest BCUT2D eigenvalue weighted by Gasteiger charge is 2.30. The van der Waals surface area contributed by atoms with Crippen LogP contribution in [0.2, 0.25) is 0 Å². The highest BCUT2D eigenvalue weighted by atomic mass is 16.5. The molecule has 5 nitrogen and oxygen atoms in total. The number of carbonyl (C=O) groups is 2. The molecule has 1 atom stereocenters. The van der Waals surface area contributed by atoms with E-state index in [4.69, 9.17) is 10.00 Å². The Kier molecular flexibility index (Phi) is 5.69. The summed E-state index contributed by atoms with van der Waals surface area (Å²) in [5, 5.41) is 11.7. The minimum Gasteiger partial charge on any atom is -0.452 e. The zero-order valence-corrected chi connectivity index (χ0v) is 13.7. The molecule has 1 aromatic rings. The number of hydrogen-bond acceptors (Lipinski definition) is 4. The molecule has 0 unspecified atom stereocenters. The van der Waals surface area contributed by atoms with Gasteiger partial charge in [0, 0.05) is 0 Å². The maximum Gasteiger partial charge on any atom is 0.338 e. The third kappa shape index (κ3) is 4.32. The summed E-state index contributed by atoms with van der Waals surface area (Å²) in [5.41, 5.74) is 1.49. The Morgan fingerprint density at radius 2 is 1.95 bits per heavy atom. The number of amides is 1. The number of aryl methyl sites for hydroxylation is 2. The van der Waals surface area contributed by atoms with Crippen molar-refractivity contribution in [3.8, 4) is 6.07 Å². The van der Waals surface area contributed by atoms with Gasteiger partial charge in [0.2, 0.25) is 0 Å². The molecular formula is C17H22N2O3. The maximum absolute atomic E-state index is 11.9. The highest BCUT2D eigenvalue weighted by Crippen LogP contribution is 2.15. The Bertz CT molecular complexity index is 617. The van der Waals surface area contributed by atoms with Crippen molar-refractivity contribution in [3.63, 3.8) is 0 Å². The van der Waals surface area contributed by atoms with E-state index in [1.807, 2.05) is 33.8 Å². The van der Waals surface area contributed by atoms with Crippen LogP contribution in [0.5, 0.6) is 0 Å². The van der Waals surface area contributed by atoms with Gasteiger partial charge < -0.3 is 10.1 Å². The van der Waals surface area contributed by atoms with E-state index in [2.05, 4.69) is 11.4 Å². The smallest absolute Gasteiger partial charge is 0.338 e. The summed E-state index contributed by atoms with van der Waals surface area (Å²) in [6.07, 6.45) is 0. The first-order valence-electron chi connectivity index (χ1n) is 7.16. The van der Waals surface area contributed by atoms with Crippen LogP contribution in [0.25, 0.3) is 0 Å². The predicted molar refractivity (Wildman–Crippen MR) is 83.2 cm³/mol. The average Bonchev–Trinajstić information content (AvgIpc) is 2.47. The molecule has 1 rings (SSSR count). The Morgan fingerprint density at radius 3 is 2.45 bits per heavy atom. The largest absolute Gasteiger partial charge is 0.452 e. The van der Waals surface area contributed by atoms with E-state index in [1.54, 1.807) is 19.1 Å². The summed E-state index contributed by atoms with van der Waals surface area (Å²) in [5.74, 6) is -1.10. The van der Waals surface area contributed by atoms with Gasteiger partial charge in [-0.1, -0.05) is 19.9 Å². The van der Waals surface area contributed by atoms with Gasteiger partial charge in [-0.3, -0.25) is 4.79 Å². The van der Waals surface area contributed by atoms with Crippen molar-refractivity contribution >= 4 is 11.9 Å². The van der Waals surface area contributed by atoms with Crippen LogP contribution in [0, 0.1) is 31.1 Å². The van der Waals surface area contributed by atoms with Crippen molar-refractivity contribution in [2.45, 2.75) is 40.2 Å². The predicted octanol–water partition coefficient (Wildman–Crippen LogP) is 2.51. The third-order valence-corrected chi connectivity index (χ3v) is 3.86. The second kappa shape index (κ2) is 7.08. The summed E-state index contributed by atoms with van der Waals surface area (Å²) >= 11 is 0. The van der Waals surface area contributed by atoms with E-state index in [-0.39, 0.29) is 5.92 Å². The molecule has 0 aliphatic rings. The Hall–Kier alpha value is -2.35. The molecular weight excluding hydrogens is 280 g/mol. The van der Waals surface area contributed by atoms with Crippen molar-refractivity contribution in [2.24, 2.45) is 5.92 Å². The monoisotopic (exact) mass is 302 g/mol. The number of carbonyl (C=O) groups excluding carboxylic acids is 2. The van der Waals surface area contributed by atoms with Crippen LogP contribution >= 0.6 is 0 Å². The number of nitriles is 1. The molecule has 1 aromatic carbocycles. The number of esters is 1. The quantitative estimate of drug-likeness (QED) is 0.848. The van der Waals surface area contributed by atoms with Gasteiger partial charge >= 0.3 is 5.97 Å². The molecule has 0 saturated heterocycles. The molecule has 22 heavy (non-hydrogen) atoms. The first-order valence-corrected chi connectivity index (χ1v) is 7.16. The van der Waals surface area contributed by atoms with E-state index in [0.717, 1.165) is 11.1 Å². The van der Waals surface area contributed by atoms with Crippen molar-refractivity contribution in [1.82, 2.24) is 5.32 Å². The first kappa shape index (κ1) is 17.7. The molecule has 0 spiro atoms. The fraction of sp³-hybridized carbons (Fsp3) is 0.471. The summed E-state index contributed by atoms with van der Waals surface area (Å²) in [4.78, 5) is 23.8. The minimum absolute atomic E-state index is 0.0584. The average molecular weight is 302 g/mol. The number of ether oxygens (including phenoxy) is 1. The molecule has 0 heterocycles. The van der Waals surface area contributed by atoms with Gasteiger partial charge in [-0.05, 0) is 49.9 Å². The highest BCUT2D eigenvalue weighted by molar-refractivity contribution is 5.91. The lowest BCUT2D eigenvalue weighted by molar-refractivity contribution is -0.125. The number of nitrogens with zero attached hydrogens (tertiary/aromatic N) is 1. The molecule has 0 bridgehead atoms. The van der Waals surface area contributed by atoms with Gasteiger partial charge in [0.05, 0.1) is 11.6 Å². The lowest BCUT2D eigenvalue weighted by atomic mass is 9.90. The summed E-state index contributed by atoms with van der Waals surface area (Å²) in [6, 6.07) is 7.29. The fourth-order valence-electron chi connectivity index (χ4n) is 1.71. The SMILES string of the molecule is Cc1ccc(C(=O)OCC(=O)N[C@@](C)(C#N)C(C)C)cc1C. The van der Waals surface area contributed by atoms with Gasteiger partial charge in [0.15, 0.2) is 6.61 Å². The van der Waals surface area contributed by atoms with Gasteiger partial charge in [-0.2, -0.15) is 5.26 Å². The number of benzene rings is 1. The van der Waals surface area contributed by atoms with Crippen LogP contribution in [0.3, 0.4) is 0 Å². The molecule has 0 aliphatic heterocycles. The van der Waals surface area contributed by atoms with Crippen LogP contribution in [0.1, 0.15) is 42.3 Å². The van der Waals surface area contributed by atoms with Crippen molar-refractivity contribution in [1.29, 1.82) is 5.26 Å². The molecule has 1 amide bonds. The lowest BCUT2D eigenvalue weighted by Gasteiger charge is -2.27. The molecule has 5 heteroatoms. The van der Waals surface area contributed by atoms with Crippen LogP contribution in [0.15, 0.2) is 18.2 Å². The molecule has 0 saturated carbocycles. The number of hydrogen-bond donors (Lipinski definition) is 1. The van der Waals surface area contributed by atoms with Gasteiger partial charge in [0.25, 0.3) is 5.91 Å². The molecule has 0 radical (unpaired) electrons. The standard InChI is InChI=1S/C17H22N2O3/c1-11(2)17(5,10-18)19-15(20)9-22-16(21)14-7-6-12(3)13(4)8-14/h6-8,11H,9H2,1-5H3,(H,19,20)/t17-/m0/s1. The molecule has 0 aromatic heterocycles. The van der Waals surface area contributed by atoms with Crippen LogP contribution < -0.4 is 5.32 Å². The van der Waals surface area contributed by atoms with Crippen LogP contribution in [0.4, 0.5) is 0 Å². The topological polar surface area (TPSA) is 79.2 Å². The van der Waals surface area contributed by atoms with Gasteiger partial charge in [-0.25, -0.2) is 4.79 Å². The lowest BCUT2D eigenvalue weighted by Crippen LogP contribution is -2.50. The van der Waals surface area contributed by atoms with Crippen molar-refractivity contribution < 1.29 is 14.3 Å². The van der Waals surface area contributed by atoms with Gasteiger partial charge in [0.1, 0.15) is 5.54 Å². The Morgan fingerprint density at radius 1 is 1.32 bits per heavy atom. The van der Waals surface area contributed by atoms with E-state index in [1.165, 1.54) is 0 Å². The summed E-state index contributed by atoms with van der Waals surface area (Å²) < 4.78 is 4.99. The summed E-state index contributed by atoms with van der Waals surface area (Å²) in [6.45, 7) is 8.76. The van der Waals surface area contributed by atoms with Crippen molar-refractivity contribution in [3.05, 3.63) is 34.9 Å². The zero-order chi connectivity index (χ0) is 16.9. The van der Waals surface area contributed by atoms with E-state index in [0.29, 0.717) is 5.56 Å². The number of nitrogens with one attached hydrogen (secondary N) is 1. The molecule has 0 aliphatic carbocycles. The van der Waals surface area contributed by atoms with Crippen LogP contribution in [-0.2, 0) is 9.53 Å². The Balaban J connectivity index is 2.62. The first-order chi connectivity index (χ1) is 10.2. The maximum atomic E-state index is 11.9. The molecule has 0 fully saturated rings. The number of rotatable bonds is 5. The van der Waals surface area contributed by atoms with Crippen molar-refractivity contribution in [2.75, 3.05) is 6.61 Å². The molecule has 1 N–H and O–H groups in total. The fourth-order valence-corrected chi connectivity index (χ4v) is 1.71. The second-order valence-corrected chi connectivity index (χ2v) is 5.89. The molecule has 118 valence electrons. The summed E-state index contributed by atoms with van der Waals surface area (Å²) in [7, 11) is 0. The Labute approximate surface area is 131 Å². The van der Waals surface area contributed by atoms with E-state index >= 15 is 0 Å². The van der Waals surface area contributed by atoms with E-state index in [9.17, 15) is 9.59 Å². The zero-order valence-electron chi connectivity index (χ0n) is 13.7. The normalized spacial score (nSPS) is 13.1. The van der Waals surface area contributed by atoms with Gasteiger partial charge in [-0.15, -0.1) is 0 Å².